The van der Waals surface area contributed by atoms with Gasteiger partial charge in [-0.25, -0.2) is 9.97 Å². The van der Waals surface area contributed by atoms with Gasteiger partial charge in [-0.15, -0.1) is 0 Å². The fourth-order valence-corrected chi connectivity index (χ4v) is 0.987. The average Bonchev–Trinajstić information content (AvgIpc) is 2.14. The van der Waals surface area contributed by atoms with Crippen molar-refractivity contribution in [2.45, 2.75) is 25.1 Å². The van der Waals surface area contributed by atoms with E-state index >= 15 is 0 Å². The Hall–Kier alpha value is -1.17. The van der Waals surface area contributed by atoms with Crippen molar-refractivity contribution in [1.29, 1.82) is 0 Å². The largest absolute Gasteiger partial charge is 0.389 e. The zero-order chi connectivity index (χ0) is 10.6. The molecule has 14 heavy (non-hydrogen) atoms. The summed E-state index contributed by atoms with van der Waals surface area (Å²) in [5.41, 5.74) is 5.95. The van der Waals surface area contributed by atoms with Crippen LogP contribution < -0.4 is 5.73 Å². The summed E-state index contributed by atoms with van der Waals surface area (Å²) in [6.45, 7) is 0. The summed E-state index contributed by atoms with van der Waals surface area (Å²) in [5.74, 6) is 0. The molecule has 0 aliphatic heterocycles. The smallest absolute Gasteiger partial charge is 0.323 e. The molecule has 2 N–H and O–H groups in total. The quantitative estimate of drug-likeness (QED) is 0.818. The molecule has 78 valence electrons. The highest BCUT2D eigenvalue weighted by molar-refractivity contribution is 5.03. The predicted molar refractivity (Wildman–Crippen MR) is 44.2 cm³/mol. The number of halogens is 3. The van der Waals surface area contributed by atoms with Crippen molar-refractivity contribution in [3.8, 4) is 0 Å². The van der Waals surface area contributed by atoms with Crippen LogP contribution in [-0.2, 0) is 0 Å². The van der Waals surface area contributed by atoms with Gasteiger partial charge in [0.15, 0.2) is 0 Å². The normalized spacial score (nSPS) is 14.0. The molecule has 0 aromatic carbocycles. The number of alkyl halides is 3. The lowest BCUT2D eigenvalue weighted by Crippen LogP contribution is -2.16. The molecule has 0 fully saturated rings. The highest BCUT2D eigenvalue weighted by Crippen LogP contribution is 2.25. The van der Waals surface area contributed by atoms with E-state index in [9.17, 15) is 13.2 Å². The molecule has 1 unspecified atom stereocenters. The molecule has 1 aromatic heterocycles. The van der Waals surface area contributed by atoms with Crippen molar-refractivity contribution >= 4 is 0 Å². The van der Waals surface area contributed by atoms with Gasteiger partial charge in [0.25, 0.3) is 0 Å². The third-order valence-electron chi connectivity index (χ3n) is 1.72. The molecule has 6 heteroatoms. The minimum absolute atomic E-state index is 0.152. The van der Waals surface area contributed by atoms with Gasteiger partial charge in [0.1, 0.15) is 6.33 Å². The molecule has 0 radical (unpaired) electrons. The van der Waals surface area contributed by atoms with Gasteiger partial charge in [-0.05, 0) is 12.5 Å². The molecule has 1 atom stereocenters. The van der Waals surface area contributed by atoms with Crippen LogP contribution in [0, 0.1) is 0 Å². The summed E-state index contributed by atoms with van der Waals surface area (Å²) in [5, 5.41) is 0. The number of nitrogens with zero attached hydrogens (tertiary/aromatic N) is 2. The molecule has 1 rings (SSSR count). The van der Waals surface area contributed by atoms with Crippen LogP contribution >= 0.6 is 0 Å². The Kier molecular flexibility index (Phi) is 3.40. The second-order valence-electron chi connectivity index (χ2n) is 2.89. The topological polar surface area (TPSA) is 51.8 Å². The minimum Gasteiger partial charge on any atom is -0.323 e. The Morgan fingerprint density at radius 3 is 2.64 bits per heavy atom. The summed E-state index contributed by atoms with van der Waals surface area (Å²) < 4.78 is 35.5. The highest BCUT2D eigenvalue weighted by Gasteiger charge is 2.27. The molecule has 3 nitrogen and oxygen atoms in total. The van der Waals surface area contributed by atoms with E-state index in [1.807, 2.05) is 0 Å². The SMILES string of the molecule is NC(CCC(F)(F)F)c1ccncn1. The van der Waals surface area contributed by atoms with Gasteiger partial charge in [-0.1, -0.05) is 0 Å². The van der Waals surface area contributed by atoms with Crippen molar-refractivity contribution in [2.24, 2.45) is 5.73 Å². The van der Waals surface area contributed by atoms with E-state index in [0.717, 1.165) is 0 Å². The number of aromatic nitrogens is 2. The van der Waals surface area contributed by atoms with Gasteiger partial charge in [-0.2, -0.15) is 13.2 Å². The summed E-state index contributed by atoms with van der Waals surface area (Å²) in [6, 6.07) is 0.834. The maximum Gasteiger partial charge on any atom is 0.389 e. The van der Waals surface area contributed by atoms with Crippen molar-refractivity contribution in [3.05, 3.63) is 24.3 Å². The third-order valence-corrected chi connectivity index (χ3v) is 1.72. The van der Waals surface area contributed by atoms with Crippen LogP contribution in [0.5, 0.6) is 0 Å². The summed E-state index contributed by atoms with van der Waals surface area (Å²) in [4.78, 5) is 7.42. The zero-order valence-corrected chi connectivity index (χ0v) is 7.33. The third kappa shape index (κ3) is 3.69. The number of nitrogens with two attached hydrogens (primary N) is 1. The molecule has 0 aliphatic carbocycles. The molecule has 0 amide bonds. The first-order valence-corrected chi connectivity index (χ1v) is 4.07. The second kappa shape index (κ2) is 4.36. The van der Waals surface area contributed by atoms with E-state index in [2.05, 4.69) is 9.97 Å². The first-order chi connectivity index (χ1) is 6.49. The monoisotopic (exact) mass is 205 g/mol. The second-order valence-corrected chi connectivity index (χ2v) is 2.89. The van der Waals surface area contributed by atoms with E-state index < -0.39 is 18.6 Å². The van der Waals surface area contributed by atoms with Gasteiger partial charge >= 0.3 is 6.18 Å². The van der Waals surface area contributed by atoms with Crippen LogP contribution in [0.15, 0.2) is 18.6 Å². The van der Waals surface area contributed by atoms with Crippen LogP contribution in [0.4, 0.5) is 13.2 Å². The number of hydrogen-bond acceptors (Lipinski definition) is 3. The molecule has 0 spiro atoms. The van der Waals surface area contributed by atoms with Gasteiger partial charge in [0.05, 0.1) is 5.69 Å². The van der Waals surface area contributed by atoms with Gasteiger partial charge in [0, 0.05) is 18.7 Å². The lowest BCUT2D eigenvalue weighted by atomic mass is 10.1. The lowest BCUT2D eigenvalue weighted by Gasteiger charge is -2.11. The van der Waals surface area contributed by atoms with E-state index in [4.69, 9.17) is 5.73 Å². The Morgan fingerprint density at radius 2 is 2.14 bits per heavy atom. The van der Waals surface area contributed by atoms with Crippen molar-refractivity contribution in [3.63, 3.8) is 0 Å². The number of hydrogen-bond donors (Lipinski definition) is 1. The first-order valence-electron chi connectivity index (χ1n) is 4.07. The summed E-state index contributed by atoms with van der Waals surface area (Å²) in [6.07, 6.45) is -2.48. The molecule has 1 aromatic rings. The van der Waals surface area contributed by atoms with Crippen LogP contribution in [0.25, 0.3) is 0 Å². The van der Waals surface area contributed by atoms with Gasteiger partial charge in [0.2, 0.25) is 0 Å². The zero-order valence-electron chi connectivity index (χ0n) is 7.33. The van der Waals surface area contributed by atoms with Crippen molar-refractivity contribution in [2.75, 3.05) is 0 Å². The maximum absolute atomic E-state index is 11.8. The summed E-state index contributed by atoms with van der Waals surface area (Å²) in [7, 11) is 0. The van der Waals surface area contributed by atoms with Crippen LogP contribution in [-0.4, -0.2) is 16.1 Å². The fraction of sp³-hybridized carbons (Fsp3) is 0.500. The van der Waals surface area contributed by atoms with Crippen molar-refractivity contribution < 1.29 is 13.2 Å². The average molecular weight is 205 g/mol. The summed E-state index contributed by atoms with van der Waals surface area (Å²) >= 11 is 0. The van der Waals surface area contributed by atoms with Crippen molar-refractivity contribution in [1.82, 2.24) is 9.97 Å². The molecule has 0 bridgehead atoms. The van der Waals surface area contributed by atoms with Gasteiger partial charge in [-0.3, -0.25) is 0 Å². The first kappa shape index (κ1) is 10.9. The fourth-order valence-electron chi connectivity index (χ4n) is 0.987. The molecular formula is C8H10F3N3. The predicted octanol–water partition coefficient (Wildman–Crippen LogP) is 1.82. The molecule has 0 saturated heterocycles. The Bertz CT molecular complexity index is 273. The van der Waals surface area contributed by atoms with Crippen LogP contribution in [0.3, 0.4) is 0 Å². The van der Waals surface area contributed by atoms with Crippen LogP contribution in [0.2, 0.25) is 0 Å². The van der Waals surface area contributed by atoms with E-state index in [-0.39, 0.29) is 6.42 Å². The standard InChI is InChI=1S/C8H10F3N3/c9-8(10,11)3-1-6(12)7-2-4-13-5-14-7/h2,4-6H,1,3,12H2. The van der Waals surface area contributed by atoms with Crippen LogP contribution in [0.1, 0.15) is 24.6 Å². The van der Waals surface area contributed by atoms with E-state index in [1.165, 1.54) is 18.6 Å². The Labute approximate surface area is 79.2 Å². The number of rotatable bonds is 3. The lowest BCUT2D eigenvalue weighted by molar-refractivity contribution is -0.136. The molecule has 0 aliphatic rings. The highest BCUT2D eigenvalue weighted by atomic mass is 19.4. The maximum atomic E-state index is 11.8. The van der Waals surface area contributed by atoms with E-state index in [1.54, 1.807) is 0 Å². The van der Waals surface area contributed by atoms with Gasteiger partial charge < -0.3 is 5.73 Å². The Morgan fingerprint density at radius 1 is 1.43 bits per heavy atom. The molecule has 1 heterocycles. The minimum atomic E-state index is -4.16. The molecular weight excluding hydrogens is 195 g/mol. The molecule has 0 saturated carbocycles. The van der Waals surface area contributed by atoms with E-state index in [0.29, 0.717) is 5.69 Å². The Balaban J connectivity index is 2.48.